The molecule has 0 radical (unpaired) electrons. The van der Waals surface area contributed by atoms with Crippen molar-refractivity contribution in [2.45, 2.75) is 50.8 Å². The molecule has 0 spiro atoms. The van der Waals surface area contributed by atoms with Gasteiger partial charge in [0.25, 0.3) is 0 Å². The standard InChI is InChI=1S/C24H26O6S/c1-3-29-24(28)23-21(27)19(25)20(26)22(30-23)15-8-9-18-17(11-15)16(12-31-18)10-14-6-4-13(2)5-7-14/h4-9,11-12,19-23,25-27H,3,10H2,1-2H3/t19-,20-,21+,22+,23+/m1/s1. The molecule has 5 atom stereocenters. The number of ether oxygens (including phenoxy) is 2. The van der Waals surface area contributed by atoms with Gasteiger partial charge in [-0.15, -0.1) is 11.3 Å². The van der Waals surface area contributed by atoms with E-state index in [9.17, 15) is 20.1 Å². The van der Waals surface area contributed by atoms with Gasteiger partial charge in [-0.1, -0.05) is 35.9 Å². The van der Waals surface area contributed by atoms with Crippen molar-refractivity contribution in [2.24, 2.45) is 0 Å². The zero-order valence-corrected chi connectivity index (χ0v) is 18.2. The molecule has 3 N–H and O–H groups in total. The molecule has 3 aromatic rings. The minimum absolute atomic E-state index is 0.123. The number of benzene rings is 2. The molecule has 1 aliphatic heterocycles. The summed E-state index contributed by atoms with van der Waals surface area (Å²) in [5, 5.41) is 34.2. The Balaban J connectivity index is 1.65. The minimum atomic E-state index is -1.56. The van der Waals surface area contributed by atoms with Crippen LogP contribution in [0.5, 0.6) is 0 Å². The lowest BCUT2D eigenvalue weighted by Crippen LogP contribution is -2.57. The van der Waals surface area contributed by atoms with Crippen LogP contribution in [-0.2, 0) is 20.7 Å². The molecular weight excluding hydrogens is 416 g/mol. The predicted molar refractivity (Wildman–Crippen MR) is 118 cm³/mol. The maximum absolute atomic E-state index is 12.2. The van der Waals surface area contributed by atoms with E-state index < -0.39 is 36.5 Å². The molecule has 1 fully saturated rings. The highest BCUT2D eigenvalue weighted by atomic mass is 32.1. The van der Waals surface area contributed by atoms with Gasteiger partial charge >= 0.3 is 5.97 Å². The molecule has 7 heteroatoms. The molecule has 1 aromatic heterocycles. The van der Waals surface area contributed by atoms with Crippen LogP contribution in [0.25, 0.3) is 10.1 Å². The molecule has 0 aliphatic carbocycles. The molecule has 4 rings (SSSR count). The van der Waals surface area contributed by atoms with Crippen molar-refractivity contribution >= 4 is 27.4 Å². The Bertz CT molecular complexity index is 1060. The molecule has 0 saturated carbocycles. The van der Waals surface area contributed by atoms with Crippen LogP contribution in [0, 0.1) is 6.92 Å². The van der Waals surface area contributed by atoms with Crippen molar-refractivity contribution in [3.8, 4) is 0 Å². The van der Waals surface area contributed by atoms with E-state index in [0.717, 1.165) is 22.1 Å². The quantitative estimate of drug-likeness (QED) is 0.526. The van der Waals surface area contributed by atoms with Gasteiger partial charge in [-0.3, -0.25) is 0 Å². The number of rotatable bonds is 5. The van der Waals surface area contributed by atoms with Gasteiger partial charge in [-0.25, -0.2) is 4.79 Å². The number of aliphatic hydroxyl groups excluding tert-OH is 3. The van der Waals surface area contributed by atoms with Gasteiger partial charge in [0.2, 0.25) is 0 Å². The second kappa shape index (κ2) is 9.06. The van der Waals surface area contributed by atoms with E-state index in [0.29, 0.717) is 5.56 Å². The summed E-state index contributed by atoms with van der Waals surface area (Å²) in [5.41, 5.74) is 4.19. The van der Waals surface area contributed by atoms with E-state index in [1.807, 2.05) is 18.2 Å². The minimum Gasteiger partial charge on any atom is -0.464 e. The van der Waals surface area contributed by atoms with Gasteiger partial charge in [0.05, 0.1) is 6.61 Å². The van der Waals surface area contributed by atoms with Crippen LogP contribution in [0.15, 0.2) is 47.8 Å². The molecule has 0 unspecified atom stereocenters. The lowest BCUT2D eigenvalue weighted by atomic mass is 9.90. The highest BCUT2D eigenvalue weighted by molar-refractivity contribution is 7.17. The summed E-state index contributed by atoms with van der Waals surface area (Å²) in [6, 6.07) is 14.1. The Hall–Kier alpha value is -2.29. The maximum atomic E-state index is 12.2. The number of fused-ring (bicyclic) bond motifs is 1. The third kappa shape index (κ3) is 4.37. The van der Waals surface area contributed by atoms with Crippen LogP contribution in [-0.4, -0.2) is 52.3 Å². The fraction of sp³-hybridized carbons (Fsp3) is 0.375. The number of esters is 1. The average Bonchev–Trinajstić information content (AvgIpc) is 3.16. The lowest BCUT2D eigenvalue weighted by molar-refractivity contribution is -0.232. The molecule has 0 bridgehead atoms. The second-order valence-electron chi connectivity index (χ2n) is 7.88. The third-order valence-electron chi connectivity index (χ3n) is 5.65. The smallest absolute Gasteiger partial charge is 0.338 e. The Morgan fingerprint density at radius 1 is 1.06 bits per heavy atom. The Morgan fingerprint density at radius 2 is 1.81 bits per heavy atom. The summed E-state index contributed by atoms with van der Waals surface area (Å²) in [7, 11) is 0. The highest BCUT2D eigenvalue weighted by Gasteiger charge is 2.47. The SMILES string of the molecule is CCOC(=O)[C@H]1O[C@@H](c2ccc3scc(Cc4ccc(C)cc4)c3c2)[C@H](O)[C@@H](O)[C@@H]1O. The number of aliphatic hydroxyl groups is 3. The van der Waals surface area contributed by atoms with Crippen LogP contribution in [0.3, 0.4) is 0 Å². The fourth-order valence-electron chi connectivity index (χ4n) is 3.91. The number of carbonyl (C=O) groups is 1. The summed E-state index contributed by atoms with van der Waals surface area (Å²) in [6.45, 7) is 3.83. The summed E-state index contributed by atoms with van der Waals surface area (Å²) >= 11 is 1.64. The first-order valence-electron chi connectivity index (χ1n) is 10.3. The monoisotopic (exact) mass is 442 g/mol. The molecule has 1 saturated heterocycles. The molecule has 164 valence electrons. The first-order chi connectivity index (χ1) is 14.9. The van der Waals surface area contributed by atoms with E-state index in [-0.39, 0.29) is 6.61 Å². The molecule has 6 nitrogen and oxygen atoms in total. The number of hydrogen-bond acceptors (Lipinski definition) is 7. The van der Waals surface area contributed by atoms with Gasteiger partial charge in [0, 0.05) is 4.70 Å². The molecular formula is C24H26O6S. The molecule has 2 aromatic carbocycles. The molecule has 0 amide bonds. The van der Waals surface area contributed by atoms with Crippen LogP contribution >= 0.6 is 11.3 Å². The third-order valence-corrected chi connectivity index (χ3v) is 6.67. The van der Waals surface area contributed by atoms with Crippen LogP contribution in [0.1, 0.15) is 35.3 Å². The maximum Gasteiger partial charge on any atom is 0.338 e. The second-order valence-corrected chi connectivity index (χ2v) is 8.79. The Kier molecular flexibility index (Phi) is 6.41. The summed E-state index contributed by atoms with van der Waals surface area (Å²) in [4.78, 5) is 12.2. The Morgan fingerprint density at radius 3 is 2.52 bits per heavy atom. The zero-order valence-electron chi connectivity index (χ0n) is 17.4. The number of carbonyl (C=O) groups excluding carboxylic acids is 1. The fourth-order valence-corrected chi connectivity index (χ4v) is 4.86. The van der Waals surface area contributed by atoms with Crippen molar-refractivity contribution in [3.05, 3.63) is 70.1 Å². The normalized spacial score (nSPS) is 26.2. The molecule has 1 aliphatic rings. The van der Waals surface area contributed by atoms with Gasteiger partial charge in [0.15, 0.2) is 6.10 Å². The summed E-state index contributed by atoms with van der Waals surface area (Å²) in [5.74, 6) is -0.761. The van der Waals surface area contributed by atoms with Gasteiger partial charge in [0.1, 0.15) is 24.4 Å². The number of aryl methyl sites for hydroxylation is 1. The number of hydrogen-bond donors (Lipinski definition) is 3. The first kappa shape index (κ1) is 21.9. The summed E-state index contributed by atoms with van der Waals surface area (Å²) in [6.07, 6.45) is -6.04. The van der Waals surface area contributed by atoms with Crippen LogP contribution in [0.2, 0.25) is 0 Å². The van der Waals surface area contributed by atoms with Crippen LogP contribution in [0.4, 0.5) is 0 Å². The average molecular weight is 443 g/mol. The lowest BCUT2D eigenvalue weighted by Gasteiger charge is -2.39. The van der Waals surface area contributed by atoms with Gasteiger partial charge < -0.3 is 24.8 Å². The van der Waals surface area contributed by atoms with E-state index in [1.165, 1.54) is 11.1 Å². The molecule has 31 heavy (non-hydrogen) atoms. The van der Waals surface area contributed by atoms with Crippen molar-refractivity contribution < 1.29 is 29.6 Å². The van der Waals surface area contributed by atoms with Crippen molar-refractivity contribution in [1.82, 2.24) is 0 Å². The van der Waals surface area contributed by atoms with Crippen molar-refractivity contribution in [3.63, 3.8) is 0 Å². The van der Waals surface area contributed by atoms with Crippen molar-refractivity contribution in [1.29, 1.82) is 0 Å². The van der Waals surface area contributed by atoms with Gasteiger partial charge in [-0.05, 0) is 59.9 Å². The zero-order chi connectivity index (χ0) is 22.1. The van der Waals surface area contributed by atoms with Crippen molar-refractivity contribution in [2.75, 3.05) is 6.61 Å². The summed E-state index contributed by atoms with van der Waals surface area (Å²) < 4.78 is 11.8. The first-order valence-corrected chi connectivity index (χ1v) is 11.2. The van der Waals surface area contributed by atoms with E-state index in [2.05, 4.69) is 36.6 Å². The largest absolute Gasteiger partial charge is 0.464 e. The number of thiophene rings is 1. The van der Waals surface area contributed by atoms with Crippen LogP contribution < -0.4 is 0 Å². The highest BCUT2D eigenvalue weighted by Crippen LogP contribution is 2.36. The predicted octanol–water partition coefficient (Wildman–Crippen LogP) is 2.89. The topological polar surface area (TPSA) is 96.2 Å². The van der Waals surface area contributed by atoms with E-state index in [1.54, 1.807) is 18.3 Å². The van der Waals surface area contributed by atoms with E-state index >= 15 is 0 Å². The van der Waals surface area contributed by atoms with E-state index in [4.69, 9.17) is 9.47 Å². The van der Waals surface area contributed by atoms with Gasteiger partial charge in [-0.2, -0.15) is 0 Å². The Labute approximate surface area is 184 Å². The molecule has 2 heterocycles.